The summed E-state index contributed by atoms with van der Waals surface area (Å²) in [4.78, 5) is 0. The minimum Gasteiger partial charge on any atom is -0.493 e. The third-order valence-corrected chi connectivity index (χ3v) is 5.03. The zero-order chi connectivity index (χ0) is 20.5. The lowest BCUT2D eigenvalue weighted by Crippen LogP contribution is -2.37. The van der Waals surface area contributed by atoms with Gasteiger partial charge < -0.3 is 19.5 Å². The van der Waals surface area contributed by atoms with Crippen LogP contribution in [0, 0.1) is 0 Å². The first-order valence-corrected chi connectivity index (χ1v) is 10.2. The van der Waals surface area contributed by atoms with Crippen molar-refractivity contribution in [1.29, 1.82) is 0 Å². The SMILES string of the molecule is COc1cc(C=NNC(=S)NCC2CCCO2)ccc1OCc1ccccc1Cl. The van der Waals surface area contributed by atoms with Crippen LogP contribution in [0.4, 0.5) is 0 Å². The highest BCUT2D eigenvalue weighted by molar-refractivity contribution is 7.80. The van der Waals surface area contributed by atoms with Crippen molar-refractivity contribution in [2.75, 3.05) is 20.3 Å². The molecule has 29 heavy (non-hydrogen) atoms. The van der Waals surface area contributed by atoms with Crippen molar-refractivity contribution >= 4 is 35.1 Å². The maximum Gasteiger partial charge on any atom is 0.187 e. The van der Waals surface area contributed by atoms with E-state index in [4.69, 9.17) is 38.0 Å². The van der Waals surface area contributed by atoms with Gasteiger partial charge in [-0.3, -0.25) is 5.43 Å². The molecule has 2 aromatic rings. The van der Waals surface area contributed by atoms with E-state index in [1.165, 1.54) is 0 Å². The molecule has 1 atom stereocenters. The largest absolute Gasteiger partial charge is 0.493 e. The van der Waals surface area contributed by atoms with Gasteiger partial charge in [0.05, 0.1) is 19.4 Å². The fourth-order valence-corrected chi connectivity index (χ4v) is 3.20. The van der Waals surface area contributed by atoms with Gasteiger partial charge >= 0.3 is 0 Å². The second kappa shape index (κ2) is 11.0. The third-order valence-electron chi connectivity index (χ3n) is 4.42. The van der Waals surface area contributed by atoms with Crippen LogP contribution in [0.1, 0.15) is 24.0 Å². The van der Waals surface area contributed by atoms with E-state index in [1.807, 2.05) is 42.5 Å². The van der Waals surface area contributed by atoms with E-state index in [-0.39, 0.29) is 6.10 Å². The summed E-state index contributed by atoms with van der Waals surface area (Å²) >= 11 is 11.4. The van der Waals surface area contributed by atoms with E-state index in [0.717, 1.165) is 30.6 Å². The molecule has 6 nitrogen and oxygen atoms in total. The molecule has 2 N–H and O–H groups in total. The Morgan fingerprint density at radius 1 is 1.31 bits per heavy atom. The van der Waals surface area contributed by atoms with Crippen molar-refractivity contribution in [2.45, 2.75) is 25.6 Å². The van der Waals surface area contributed by atoms with Gasteiger partial charge in [-0.1, -0.05) is 29.8 Å². The summed E-state index contributed by atoms with van der Waals surface area (Å²) in [5.74, 6) is 1.24. The van der Waals surface area contributed by atoms with Gasteiger partial charge in [0.15, 0.2) is 16.6 Å². The number of hydrazone groups is 1. The van der Waals surface area contributed by atoms with Crippen molar-refractivity contribution in [1.82, 2.24) is 10.7 Å². The molecule has 0 radical (unpaired) electrons. The molecule has 1 saturated heterocycles. The minimum atomic E-state index is 0.223. The van der Waals surface area contributed by atoms with Gasteiger partial charge in [-0.2, -0.15) is 5.10 Å². The normalized spacial score (nSPS) is 16.0. The van der Waals surface area contributed by atoms with Crippen molar-refractivity contribution in [3.8, 4) is 11.5 Å². The summed E-state index contributed by atoms with van der Waals surface area (Å²) in [5.41, 5.74) is 4.57. The average Bonchev–Trinajstić information content (AvgIpc) is 3.26. The Balaban J connectivity index is 1.51. The molecule has 1 unspecified atom stereocenters. The number of hydrogen-bond donors (Lipinski definition) is 2. The fourth-order valence-electron chi connectivity index (χ4n) is 2.87. The van der Waals surface area contributed by atoms with Gasteiger partial charge in [0.2, 0.25) is 0 Å². The van der Waals surface area contributed by atoms with E-state index < -0.39 is 0 Å². The average molecular weight is 434 g/mol. The van der Waals surface area contributed by atoms with Gasteiger partial charge in [0, 0.05) is 23.7 Å². The number of benzene rings is 2. The van der Waals surface area contributed by atoms with Crippen molar-refractivity contribution in [3.63, 3.8) is 0 Å². The first-order valence-electron chi connectivity index (χ1n) is 9.38. The molecule has 0 aromatic heterocycles. The summed E-state index contributed by atoms with van der Waals surface area (Å²) in [5, 5.41) is 8.40. The van der Waals surface area contributed by atoms with Gasteiger partial charge in [-0.15, -0.1) is 0 Å². The van der Waals surface area contributed by atoms with Crippen LogP contribution < -0.4 is 20.2 Å². The minimum absolute atomic E-state index is 0.223. The number of hydrogen-bond acceptors (Lipinski definition) is 5. The highest BCUT2D eigenvalue weighted by Gasteiger charge is 2.15. The highest BCUT2D eigenvalue weighted by atomic mass is 35.5. The van der Waals surface area contributed by atoms with Crippen LogP contribution in [-0.2, 0) is 11.3 Å². The number of ether oxygens (including phenoxy) is 3. The number of methoxy groups -OCH3 is 1. The lowest BCUT2D eigenvalue weighted by Gasteiger charge is -2.12. The molecule has 0 spiro atoms. The Kier molecular flexibility index (Phi) is 8.10. The van der Waals surface area contributed by atoms with Crippen LogP contribution in [0.5, 0.6) is 11.5 Å². The number of thiocarbonyl (C=S) groups is 1. The molecule has 0 amide bonds. The van der Waals surface area contributed by atoms with Crippen LogP contribution in [0.15, 0.2) is 47.6 Å². The van der Waals surface area contributed by atoms with E-state index in [9.17, 15) is 0 Å². The molecular formula is C21H24ClN3O3S. The summed E-state index contributed by atoms with van der Waals surface area (Å²) in [6.07, 6.45) is 4.05. The van der Waals surface area contributed by atoms with Crippen LogP contribution in [0.25, 0.3) is 0 Å². The molecule has 8 heteroatoms. The molecular weight excluding hydrogens is 410 g/mol. The Bertz CT molecular complexity index is 857. The van der Waals surface area contributed by atoms with Crippen LogP contribution in [0.2, 0.25) is 5.02 Å². The molecule has 0 saturated carbocycles. The molecule has 0 aliphatic carbocycles. The maximum absolute atomic E-state index is 6.17. The predicted molar refractivity (Wildman–Crippen MR) is 119 cm³/mol. The number of halogens is 1. The number of nitrogens with one attached hydrogen (secondary N) is 2. The van der Waals surface area contributed by atoms with Crippen molar-refractivity contribution in [2.24, 2.45) is 5.10 Å². The van der Waals surface area contributed by atoms with Gasteiger partial charge in [0.1, 0.15) is 6.61 Å². The monoisotopic (exact) mass is 433 g/mol. The Morgan fingerprint density at radius 3 is 2.93 bits per heavy atom. The van der Waals surface area contributed by atoms with Crippen molar-refractivity contribution in [3.05, 3.63) is 58.6 Å². The predicted octanol–water partition coefficient (Wildman–Crippen LogP) is 3.90. The van der Waals surface area contributed by atoms with Gasteiger partial charge in [-0.05, 0) is 54.9 Å². The van der Waals surface area contributed by atoms with E-state index in [2.05, 4.69) is 15.8 Å². The molecule has 1 fully saturated rings. The number of nitrogens with zero attached hydrogens (tertiary/aromatic N) is 1. The van der Waals surface area contributed by atoms with E-state index >= 15 is 0 Å². The van der Waals surface area contributed by atoms with Crippen LogP contribution in [-0.4, -0.2) is 37.7 Å². The molecule has 154 valence electrons. The van der Waals surface area contributed by atoms with E-state index in [1.54, 1.807) is 13.3 Å². The molecule has 3 rings (SSSR count). The van der Waals surface area contributed by atoms with Crippen molar-refractivity contribution < 1.29 is 14.2 Å². The second-order valence-electron chi connectivity index (χ2n) is 6.51. The lowest BCUT2D eigenvalue weighted by atomic mass is 10.2. The smallest absolute Gasteiger partial charge is 0.187 e. The summed E-state index contributed by atoms with van der Waals surface area (Å²) < 4.78 is 16.8. The Morgan fingerprint density at radius 2 is 2.17 bits per heavy atom. The molecule has 0 bridgehead atoms. The highest BCUT2D eigenvalue weighted by Crippen LogP contribution is 2.29. The molecule has 2 aromatic carbocycles. The standard InChI is InChI=1S/C21H24ClN3O3S/c1-26-20-11-15(12-24-25-21(29)23-13-17-6-4-10-27-17)8-9-19(20)28-14-16-5-2-3-7-18(16)22/h2-3,5,7-9,11-12,17H,4,6,10,13-14H2,1H3,(H2,23,25,29). The zero-order valence-corrected chi connectivity index (χ0v) is 17.8. The fraction of sp³-hybridized carbons (Fsp3) is 0.333. The first-order chi connectivity index (χ1) is 14.2. The number of rotatable bonds is 8. The molecule has 1 aliphatic heterocycles. The maximum atomic E-state index is 6.17. The van der Waals surface area contributed by atoms with E-state index in [0.29, 0.717) is 34.8 Å². The Hall–Kier alpha value is -2.35. The molecule has 1 heterocycles. The second-order valence-corrected chi connectivity index (χ2v) is 7.32. The van der Waals surface area contributed by atoms with Crippen LogP contribution >= 0.6 is 23.8 Å². The Labute approximate surface area is 181 Å². The summed E-state index contributed by atoms with van der Waals surface area (Å²) in [7, 11) is 1.60. The third kappa shape index (κ3) is 6.59. The van der Waals surface area contributed by atoms with Gasteiger partial charge in [-0.25, -0.2) is 0 Å². The van der Waals surface area contributed by atoms with Gasteiger partial charge in [0.25, 0.3) is 0 Å². The summed E-state index contributed by atoms with van der Waals surface area (Å²) in [6.45, 7) is 1.87. The zero-order valence-electron chi connectivity index (χ0n) is 16.2. The first kappa shape index (κ1) is 21.4. The topological polar surface area (TPSA) is 64.1 Å². The lowest BCUT2D eigenvalue weighted by molar-refractivity contribution is 0.114. The summed E-state index contributed by atoms with van der Waals surface area (Å²) in [6, 6.07) is 13.1. The van der Waals surface area contributed by atoms with Crippen LogP contribution in [0.3, 0.4) is 0 Å². The quantitative estimate of drug-likeness (QED) is 0.374. The molecule has 1 aliphatic rings.